The fourth-order valence-electron chi connectivity index (χ4n) is 3.28. The number of piperazine rings is 1. The van der Waals surface area contributed by atoms with Gasteiger partial charge in [0.25, 0.3) is 0 Å². The zero-order chi connectivity index (χ0) is 20.0. The van der Waals surface area contributed by atoms with E-state index in [4.69, 9.17) is 11.6 Å². The summed E-state index contributed by atoms with van der Waals surface area (Å²) in [5.74, 6) is 0.994. The Morgan fingerprint density at radius 2 is 1.65 bits per heavy atom. The summed E-state index contributed by atoms with van der Waals surface area (Å²) in [6, 6.07) is 8.07. The number of hydrogen-bond acceptors (Lipinski definition) is 4. The van der Waals surface area contributed by atoms with Crippen LogP contribution in [0.4, 0.5) is 4.79 Å². The predicted octanol–water partition coefficient (Wildman–Crippen LogP) is 4.39. The SMILES string of the molecule is CCCCCCSNC(=O)NCCCN1CCN(Cc2ccc(Cl)cc2)CC1.Cl.Cl.O. The van der Waals surface area contributed by atoms with Gasteiger partial charge < -0.3 is 15.7 Å². The van der Waals surface area contributed by atoms with Crippen molar-refractivity contribution in [2.75, 3.05) is 45.0 Å². The van der Waals surface area contributed by atoms with Crippen LogP contribution < -0.4 is 10.0 Å². The minimum Gasteiger partial charge on any atom is -0.412 e. The number of carbonyl (C=O) groups excluding carboxylic acids is 1. The van der Waals surface area contributed by atoms with Crippen molar-refractivity contribution in [1.82, 2.24) is 19.8 Å². The van der Waals surface area contributed by atoms with Crippen LogP contribution in [0.1, 0.15) is 44.6 Å². The Morgan fingerprint density at radius 3 is 2.29 bits per heavy atom. The number of carbonyl (C=O) groups is 1. The van der Waals surface area contributed by atoms with Crippen LogP contribution in [0, 0.1) is 0 Å². The lowest BCUT2D eigenvalue weighted by Crippen LogP contribution is -2.46. The van der Waals surface area contributed by atoms with Gasteiger partial charge in [0.15, 0.2) is 0 Å². The summed E-state index contributed by atoms with van der Waals surface area (Å²) in [6.45, 7) is 9.33. The number of hydrogen-bond donors (Lipinski definition) is 2. The summed E-state index contributed by atoms with van der Waals surface area (Å²) in [5, 5.41) is 3.74. The molecule has 0 unspecified atom stereocenters. The van der Waals surface area contributed by atoms with Crippen LogP contribution in [0.15, 0.2) is 24.3 Å². The Labute approximate surface area is 209 Å². The molecule has 1 aromatic rings. The first-order valence-electron chi connectivity index (χ1n) is 10.5. The second-order valence-electron chi connectivity index (χ2n) is 7.36. The molecule has 4 N–H and O–H groups in total. The van der Waals surface area contributed by atoms with E-state index < -0.39 is 0 Å². The number of nitrogens with zero attached hydrogens (tertiary/aromatic N) is 2. The molecule has 2 rings (SSSR count). The van der Waals surface area contributed by atoms with Crippen molar-refractivity contribution in [2.24, 2.45) is 0 Å². The van der Waals surface area contributed by atoms with Gasteiger partial charge in [0.2, 0.25) is 0 Å². The van der Waals surface area contributed by atoms with Gasteiger partial charge in [-0.15, -0.1) is 24.8 Å². The zero-order valence-corrected chi connectivity index (χ0v) is 21.6. The van der Waals surface area contributed by atoms with E-state index in [-0.39, 0.29) is 36.3 Å². The van der Waals surface area contributed by atoms with E-state index >= 15 is 0 Å². The van der Waals surface area contributed by atoms with Gasteiger partial charge in [-0.25, -0.2) is 4.79 Å². The summed E-state index contributed by atoms with van der Waals surface area (Å²) >= 11 is 7.46. The summed E-state index contributed by atoms with van der Waals surface area (Å²) in [6.07, 6.45) is 5.94. The molecule has 31 heavy (non-hydrogen) atoms. The second kappa shape index (κ2) is 20.2. The number of amides is 2. The molecule has 0 aliphatic carbocycles. The van der Waals surface area contributed by atoms with Crippen LogP contribution in [0.2, 0.25) is 5.02 Å². The molecule has 1 aliphatic heterocycles. The second-order valence-corrected chi connectivity index (χ2v) is 8.70. The Balaban J connectivity index is 0. The van der Waals surface area contributed by atoms with Crippen molar-refractivity contribution in [3.8, 4) is 0 Å². The van der Waals surface area contributed by atoms with Gasteiger partial charge >= 0.3 is 6.03 Å². The predicted molar refractivity (Wildman–Crippen MR) is 139 cm³/mol. The first kappa shape index (κ1) is 32.8. The number of unbranched alkanes of at least 4 members (excludes halogenated alkanes) is 3. The highest BCUT2D eigenvalue weighted by Crippen LogP contribution is 2.13. The molecule has 1 aromatic carbocycles. The summed E-state index contributed by atoms with van der Waals surface area (Å²) in [7, 11) is 0. The molecule has 182 valence electrons. The van der Waals surface area contributed by atoms with Crippen molar-refractivity contribution in [3.05, 3.63) is 34.9 Å². The van der Waals surface area contributed by atoms with Crippen molar-refractivity contribution in [3.63, 3.8) is 0 Å². The van der Waals surface area contributed by atoms with E-state index in [0.717, 1.165) is 63.0 Å². The maximum absolute atomic E-state index is 11.7. The number of benzene rings is 1. The summed E-state index contributed by atoms with van der Waals surface area (Å²) < 4.78 is 2.87. The van der Waals surface area contributed by atoms with Gasteiger partial charge in [-0.05, 0) is 49.0 Å². The quantitative estimate of drug-likeness (QED) is 0.318. The molecule has 1 heterocycles. The average molecular weight is 518 g/mol. The molecule has 0 bridgehead atoms. The number of halogens is 3. The molecule has 0 aromatic heterocycles. The molecular weight excluding hydrogens is 479 g/mol. The molecule has 1 aliphatic rings. The topological polar surface area (TPSA) is 79.1 Å². The third-order valence-electron chi connectivity index (χ3n) is 4.99. The Morgan fingerprint density at radius 1 is 1.00 bits per heavy atom. The van der Waals surface area contributed by atoms with E-state index in [1.807, 2.05) is 12.1 Å². The molecule has 0 spiro atoms. The van der Waals surface area contributed by atoms with Crippen LogP contribution in [0.5, 0.6) is 0 Å². The normalized spacial score (nSPS) is 14.0. The van der Waals surface area contributed by atoms with E-state index in [1.54, 1.807) is 0 Å². The van der Waals surface area contributed by atoms with E-state index in [0.29, 0.717) is 0 Å². The fourth-order valence-corrected chi connectivity index (χ4v) is 4.06. The molecular formula is C21H39Cl3N4O2S. The zero-order valence-electron chi connectivity index (χ0n) is 18.4. The molecule has 0 saturated carbocycles. The van der Waals surface area contributed by atoms with Crippen LogP contribution in [0.3, 0.4) is 0 Å². The third kappa shape index (κ3) is 15.1. The van der Waals surface area contributed by atoms with E-state index in [9.17, 15) is 4.79 Å². The van der Waals surface area contributed by atoms with Gasteiger partial charge in [-0.1, -0.05) is 49.9 Å². The Hall–Kier alpha value is -0.410. The van der Waals surface area contributed by atoms with Crippen molar-refractivity contribution >= 4 is 54.4 Å². The van der Waals surface area contributed by atoms with Gasteiger partial charge in [0.05, 0.1) is 0 Å². The van der Waals surface area contributed by atoms with Crippen LogP contribution in [-0.2, 0) is 6.54 Å². The molecule has 0 radical (unpaired) electrons. The minimum absolute atomic E-state index is 0. The first-order chi connectivity index (χ1) is 13.7. The fraction of sp³-hybridized carbons (Fsp3) is 0.667. The maximum atomic E-state index is 11.7. The highest BCUT2D eigenvalue weighted by atomic mass is 35.5. The molecule has 1 saturated heterocycles. The largest absolute Gasteiger partial charge is 0.412 e. The van der Waals surface area contributed by atoms with Crippen LogP contribution in [0.25, 0.3) is 0 Å². The van der Waals surface area contributed by atoms with E-state index in [2.05, 4.69) is 38.9 Å². The van der Waals surface area contributed by atoms with Gasteiger partial charge in [0.1, 0.15) is 0 Å². The Kier molecular flexibility index (Phi) is 21.4. The Bertz CT molecular complexity index is 562. The maximum Gasteiger partial charge on any atom is 0.324 e. The smallest absolute Gasteiger partial charge is 0.324 e. The lowest BCUT2D eigenvalue weighted by molar-refractivity contribution is 0.126. The van der Waals surface area contributed by atoms with Crippen molar-refractivity contribution < 1.29 is 10.3 Å². The summed E-state index contributed by atoms with van der Waals surface area (Å²) in [4.78, 5) is 16.7. The number of rotatable bonds is 12. The van der Waals surface area contributed by atoms with E-state index in [1.165, 1.54) is 43.2 Å². The van der Waals surface area contributed by atoms with Crippen LogP contribution in [-0.4, -0.2) is 66.3 Å². The molecule has 2 amide bonds. The van der Waals surface area contributed by atoms with Crippen LogP contribution >= 0.6 is 48.4 Å². The highest BCUT2D eigenvalue weighted by Gasteiger charge is 2.16. The van der Waals surface area contributed by atoms with Gasteiger partial charge in [-0.3, -0.25) is 9.62 Å². The molecule has 0 atom stereocenters. The van der Waals surface area contributed by atoms with Gasteiger partial charge in [0, 0.05) is 50.0 Å². The molecule has 10 heteroatoms. The summed E-state index contributed by atoms with van der Waals surface area (Å²) in [5.41, 5.74) is 1.32. The van der Waals surface area contributed by atoms with Crippen molar-refractivity contribution in [1.29, 1.82) is 0 Å². The lowest BCUT2D eigenvalue weighted by Gasteiger charge is -2.34. The number of nitrogens with one attached hydrogen (secondary N) is 2. The number of urea groups is 1. The molecule has 6 nitrogen and oxygen atoms in total. The minimum atomic E-state index is -0.0618. The standard InChI is InChI=1S/C21H35ClN4OS.2ClH.H2O/c1-2-3-4-5-17-28-24-21(27)23-11-6-12-25-13-15-26(16-14-25)18-19-7-9-20(22)10-8-19;;;/h7-10H,2-6,11-18H2,1H3,(H2,23,24,27);2*1H;1H2. The third-order valence-corrected chi connectivity index (χ3v) is 6.06. The first-order valence-corrected chi connectivity index (χ1v) is 11.9. The van der Waals surface area contributed by atoms with Gasteiger partial charge in [-0.2, -0.15) is 0 Å². The van der Waals surface area contributed by atoms with Crippen molar-refractivity contribution in [2.45, 2.75) is 45.6 Å². The molecule has 1 fully saturated rings. The highest BCUT2D eigenvalue weighted by molar-refractivity contribution is 7.97. The monoisotopic (exact) mass is 516 g/mol. The lowest BCUT2D eigenvalue weighted by atomic mass is 10.2. The average Bonchev–Trinajstić information content (AvgIpc) is 2.71.